The van der Waals surface area contributed by atoms with Crippen molar-refractivity contribution in [1.82, 2.24) is 0 Å². The zero-order valence-electron chi connectivity index (χ0n) is 12.2. The van der Waals surface area contributed by atoms with Crippen LogP contribution in [-0.4, -0.2) is 24.9 Å². The molecule has 2 rings (SSSR count). The van der Waals surface area contributed by atoms with E-state index in [2.05, 4.69) is 38.2 Å². The van der Waals surface area contributed by atoms with E-state index in [1.807, 2.05) is 12.1 Å². The maximum atomic E-state index is 5.74. The van der Waals surface area contributed by atoms with E-state index in [4.69, 9.17) is 9.47 Å². The summed E-state index contributed by atoms with van der Waals surface area (Å²) < 4.78 is 11.3. The SMILES string of the molecule is CCCOc1ccc(NC2CCOC(C)(C)C2)cc1. The van der Waals surface area contributed by atoms with Gasteiger partial charge in [-0.15, -0.1) is 0 Å². The molecular formula is C16H25NO2. The van der Waals surface area contributed by atoms with Gasteiger partial charge in [0.15, 0.2) is 0 Å². The highest BCUT2D eigenvalue weighted by atomic mass is 16.5. The maximum Gasteiger partial charge on any atom is 0.119 e. The van der Waals surface area contributed by atoms with Crippen molar-refractivity contribution in [3.05, 3.63) is 24.3 Å². The molecule has 19 heavy (non-hydrogen) atoms. The number of hydrogen-bond donors (Lipinski definition) is 1. The van der Waals surface area contributed by atoms with Crippen LogP contribution in [0.1, 0.15) is 40.0 Å². The minimum absolute atomic E-state index is 0.0138. The van der Waals surface area contributed by atoms with Gasteiger partial charge in [-0.1, -0.05) is 6.92 Å². The Morgan fingerprint density at radius 1 is 1.32 bits per heavy atom. The summed E-state index contributed by atoms with van der Waals surface area (Å²) in [7, 11) is 0. The Bertz CT molecular complexity index is 386. The van der Waals surface area contributed by atoms with Crippen molar-refractivity contribution in [3.8, 4) is 5.75 Å². The van der Waals surface area contributed by atoms with Crippen LogP contribution in [0.4, 0.5) is 5.69 Å². The van der Waals surface area contributed by atoms with Gasteiger partial charge in [-0.05, 0) is 57.4 Å². The van der Waals surface area contributed by atoms with Crippen molar-refractivity contribution in [1.29, 1.82) is 0 Å². The van der Waals surface area contributed by atoms with E-state index in [1.54, 1.807) is 0 Å². The molecule has 0 aromatic heterocycles. The lowest BCUT2D eigenvalue weighted by molar-refractivity contribution is -0.0553. The molecular weight excluding hydrogens is 238 g/mol. The van der Waals surface area contributed by atoms with Crippen LogP contribution in [0.5, 0.6) is 5.75 Å². The normalized spacial score (nSPS) is 21.9. The van der Waals surface area contributed by atoms with E-state index in [-0.39, 0.29) is 5.60 Å². The summed E-state index contributed by atoms with van der Waals surface area (Å²) in [6, 6.07) is 8.73. The molecule has 1 saturated heterocycles. The predicted molar refractivity (Wildman–Crippen MR) is 78.9 cm³/mol. The Labute approximate surface area is 116 Å². The first kappa shape index (κ1) is 14.2. The third-order valence-electron chi connectivity index (χ3n) is 3.40. The van der Waals surface area contributed by atoms with E-state index in [1.165, 1.54) is 0 Å². The maximum absolute atomic E-state index is 5.74. The lowest BCUT2D eigenvalue weighted by Crippen LogP contribution is -2.40. The van der Waals surface area contributed by atoms with E-state index < -0.39 is 0 Å². The largest absolute Gasteiger partial charge is 0.494 e. The van der Waals surface area contributed by atoms with Gasteiger partial charge in [-0.2, -0.15) is 0 Å². The van der Waals surface area contributed by atoms with Gasteiger partial charge in [0.25, 0.3) is 0 Å². The number of rotatable bonds is 5. The van der Waals surface area contributed by atoms with E-state index in [0.717, 1.165) is 43.9 Å². The van der Waals surface area contributed by atoms with Gasteiger partial charge in [0.1, 0.15) is 5.75 Å². The van der Waals surface area contributed by atoms with Crippen molar-refractivity contribution in [2.24, 2.45) is 0 Å². The summed E-state index contributed by atoms with van der Waals surface area (Å²) in [5.41, 5.74) is 1.15. The quantitative estimate of drug-likeness (QED) is 0.875. The van der Waals surface area contributed by atoms with Crippen LogP contribution in [0.15, 0.2) is 24.3 Å². The van der Waals surface area contributed by atoms with Gasteiger partial charge >= 0.3 is 0 Å². The highest BCUT2D eigenvalue weighted by Gasteiger charge is 2.28. The Kier molecular flexibility index (Phi) is 4.70. The molecule has 3 heteroatoms. The molecule has 1 heterocycles. The molecule has 106 valence electrons. The standard InChI is InChI=1S/C16H25NO2/c1-4-10-18-15-7-5-13(6-8-15)17-14-9-11-19-16(2,3)12-14/h5-8,14,17H,4,9-12H2,1-3H3. The van der Waals surface area contributed by atoms with Crippen LogP contribution < -0.4 is 10.1 Å². The Balaban J connectivity index is 1.88. The Morgan fingerprint density at radius 2 is 2.05 bits per heavy atom. The molecule has 0 aliphatic carbocycles. The molecule has 0 spiro atoms. The van der Waals surface area contributed by atoms with E-state index >= 15 is 0 Å². The Morgan fingerprint density at radius 3 is 2.68 bits per heavy atom. The second kappa shape index (κ2) is 6.29. The Hall–Kier alpha value is -1.22. The highest BCUT2D eigenvalue weighted by molar-refractivity contribution is 5.47. The van der Waals surface area contributed by atoms with Crippen molar-refractivity contribution in [3.63, 3.8) is 0 Å². The molecule has 0 bridgehead atoms. The van der Waals surface area contributed by atoms with Crippen LogP contribution in [0.2, 0.25) is 0 Å². The minimum atomic E-state index is -0.0138. The topological polar surface area (TPSA) is 30.5 Å². The summed E-state index contributed by atoms with van der Waals surface area (Å²) in [4.78, 5) is 0. The van der Waals surface area contributed by atoms with Crippen LogP contribution in [-0.2, 0) is 4.74 Å². The average Bonchev–Trinajstić information content (AvgIpc) is 2.37. The molecule has 1 aromatic carbocycles. The van der Waals surface area contributed by atoms with Gasteiger partial charge < -0.3 is 14.8 Å². The predicted octanol–water partition coefficient (Wildman–Crippen LogP) is 3.84. The fourth-order valence-corrected chi connectivity index (χ4v) is 2.46. The molecule has 3 nitrogen and oxygen atoms in total. The van der Waals surface area contributed by atoms with Gasteiger partial charge in [0.2, 0.25) is 0 Å². The summed E-state index contributed by atoms with van der Waals surface area (Å²) in [5.74, 6) is 0.944. The van der Waals surface area contributed by atoms with Crippen LogP contribution >= 0.6 is 0 Å². The number of anilines is 1. The lowest BCUT2D eigenvalue weighted by Gasteiger charge is -2.36. The van der Waals surface area contributed by atoms with Crippen LogP contribution in [0.3, 0.4) is 0 Å². The molecule has 1 aromatic rings. The first-order valence-corrected chi connectivity index (χ1v) is 7.22. The lowest BCUT2D eigenvalue weighted by atomic mass is 9.94. The second-order valence-electron chi connectivity index (χ2n) is 5.82. The second-order valence-corrected chi connectivity index (χ2v) is 5.82. The van der Waals surface area contributed by atoms with Crippen molar-refractivity contribution >= 4 is 5.69 Å². The summed E-state index contributed by atoms with van der Waals surface area (Å²) in [6.07, 6.45) is 3.15. The molecule has 1 fully saturated rings. The molecule has 0 radical (unpaired) electrons. The smallest absolute Gasteiger partial charge is 0.119 e. The van der Waals surface area contributed by atoms with Crippen molar-refractivity contribution < 1.29 is 9.47 Å². The molecule has 0 saturated carbocycles. The molecule has 1 unspecified atom stereocenters. The fraction of sp³-hybridized carbons (Fsp3) is 0.625. The fourth-order valence-electron chi connectivity index (χ4n) is 2.46. The number of nitrogens with one attached hydrogen (secondary N) is 1. The number of ether oxygens (including phenoxy) is 2. The summed E-state index contributed by atoms with van der Waals surface area (Å²) in [6.45, 7) is 8.04. The van der Waals surface area contributed by atoms with Gasteiger partial charge in [-0.25, -0.2) is 0 Å². The molecule has 1 aliphatic rings. The van der Waals surface area contributed by atoms with Crippen molar-refractivity contribution in [2.75, 3.05) is 18.5 Å². The molecule has 1 atom stereocenters. The van der Waals surface area contributed by atoms with E-state index in [0.29, 0.717) is 6.04 Å². The monoisotopic (exact) mass is 263 g/mol. The summed E-state index contributed by atoms with van der Waals surface area (Å²) >= 11 is 0. The van der Waals surface area contributed by atoms with Gasteiger partial charge in [0.05, 0.1) is 12.2 Å². The molecule has 0 amide bonds. The van der Waals surface area contributed by atoms with E-state index in [9.17, 15) is 0 Å². The van der Waals surface area contributed by atoms with Crippen LogP contribution in [0, 0.1) is 0 Å². The minimum Gasteiger partial charge on any atom is -0.494 e. The number of hydrogen-bond acceptors (Lipinski definition) is 3. The third kappa shape index (κ3) is 4.43. The highest BCUT2D eigenvalue weighted by Crippen LogP contribution is 2.27. The van der Waals surface area contributed by atoms with Gasteiger partial charge in [0, 0.05) is 18.3 Å². The first-order chi connectivity index (χ1) is 9.09. The van der Waals surface area contributed by atoms with Crippen LogP contribution in [0.25, 0.3) is 0 Å². The summed E-state index contributed by atoms with van der Waals surface area (Å²) in [5, 5.41) is 3.58. The molecule has 1 aliphatic heterocycles. The zero-order chi connectivity index (χ0) is 13.7. The number of benzene rings is 1. The van der Waals surface area contributed by atoms with Gasteiger partial charge in [-0.3, -0.25) is 0 Å². The third-order valence-corrected chi connectivity index (χ3v) is 3.40. The zero-order valence-corrected chi connectivity index (χ0v) is 12.2. The van der Waals surface area contributed by atoms with Crippen molar-refractivity contribution in [2.45, 2.75) is 51.7 Å². The molecule has 1 N–H and O–H groups in total. The first-order valence-electron chi connectivity index (χ1n) is 7.22. The average molecular weight is 263 g/mol.